The van der Waals surface area contributed by atoms with Gasteiger partial charge in [-0.15, -0.1) is 0 Å². The summed E-state index contributed by atoms with van der Waals surface area (Å²) in [4.78, 5) is 0. The molecule has 0 bridgehead atoms. The minimum absolute atomic E-state index is 0.479. The van der Waals surface area contributed by atoms with E-state index in [1.807, 2.05) is 45.2 Å². The van der Waals surface area contributed by atoms with Gasteiger partial charge in [-0.2, -0.15) is 13.2 Å². The van der Waals surface area contributed by atoms with Crippen LogP contribution in [0.25, 0.3) is 0 Å². The Morgan fingerprint density at radius 3 is 1.83 bits per heavy atom. The smallest absolute Gasteiger partial charge is 0.166 e. The van der Waals surface area contributed by atoms with Gasteiger partial charge in [0.25, 0.3) is 0 Å². The molecule has 0 unspecified atom stereocenters. The second-order valence-corrected chi connectivity index (χ2v) is 4.39. The summed E-state index contributed by atoms with van der Waals surface area (Å²) < 4.78 is 37.3. The quantitative estimate of drug-likeness (QED) is 0.586. The third kappa shape index (κ3) is 2.75. The molecule has 0 aliphatic carbocycles. The lowest BCUT2D eigenvalue weighted by Crippen LogP contribution is -2.05. The van der Waals surface area contributed by atoms with Crippen molar-refractivity contribution in [3.05, 3.63) is 30.9 Å². The van der Waals surface area contributed by atoms with E-state index in [1.54, 1.807) is 0 Å². The van der Waals surface area contributed by atoms with Gasteiger partial charge >= 0.3 is 6.18 Å². The molecule has 0 amide bonds. The van der Waals surface area contributed by atoms with E-state index in [0.29, 0.717) is 7.14 Å². The summed E-state index contributed by atoms with van der Waals surface area (Å²) in [5.41, 5.74) is -0.616. The maximum absolute atomic E-state index is 12.1. The van der Waals surface area contributed by atoms with Gasteiger partial charge in [0.05, 0.1) is 5.56 Å². The lowest BCUT2D eigenvalue weighted by atomic mass is 10.2. The van der Waals surface area contributed by atoms with Crippen LogP contribution in [0, 0.1) is 13.2 Å². The van der Waals surface area contributed by atoms with Crippen molar-refractivity contribution < 1.29 is 13.2 Å². The van der Waals surface area contributed by atoms with Crippen LogP contribution in [0.1, 0.15) is 5.56 Å². The highest BCUT2D eigenvalue weighted by molar-refractivity contribution is 14.1. The Kier molecular flexibility index (Phi) is 3.24. The first-order chi connectivity index (χ1) is 5.39. The first-order valence-corrected chi connectivity index (χ1v) is 5.01. The average Bonchev–Trinajstić information content (AvgIpc) is 1.82. The molecule has 1 aromatic rings. The maximum atomic E-state index is 12.1. The van der Waals surface area contributed by atoms with Crippen LogP contribution in [0.5, 0.6) is 0 Å². The Morgan fingerprint density at radius 2 is 1.50 bits per heavy atom. The van der Waals surface area contributed by atoms with Crippen LogP contribution in [-0.2, 0) is 6.18 Å². The molecule has 0 aromatic heterocycles. The highest BCUT2D eigenvalue weighted by Crippen LogP contribution is 2.31. The zero-order valence-corrected chi connectivity index (χ0v) is 9.86. The third-order valence-electron chi connectivity index (χ3n) is 1.13. The molecule has 0 aliphatic heterocycles. The van der Waals surface area contributed by atoms with Gasteiger partial charge in [0.2, 0.25) is 0 Å². The molecule has 0 N–H and O–H groups in total. The monoisotopic (exact) mass is 397 g/mol. The number of hydrogen-bond acceptors (Lipinski definition) is 0. The SMILES string of the molecule is FC(F)(F)c1cc(I)[c]c(I)c1. The molecule has 0 aliphatic rings. The van der Waals surface area contributed by atoms with Gasteiger partial charge in [0, 0.05) is 13.2 Å². The van der Waals surface area contributed by atoms with E-state index in [-0.39, 0.29) is 0 Å². The van der Waals surface area contributed by atoms with Crippen LogP contribution in [0.4, 0.5) is 13.2 Å². The molecule has 1 aromatic carbocycles. The van der Waals surface area contributed by atoms with E-state index >= 15 is 0 Å². The van der Waals surface area contributed by atoms with Crippen molar-refractivity contribution >= 4 is 45.2 Å². The highest BCUT2D eigenvalue weighted by atomic mass is 127. The molecule has 1 rings (SSSR count). The number of halogens is 5. The van der Waals surface area contributed by atoms with Crippen molar-refractivity contribution in [2.24, 2.45) is 0 Å². The van der Waals surface area contributed by atoms with Crippen LogP contribution < -0.4 is 0 Å². The molecule has 1 radical (unpaired) electrons. The molecule has 0 atom stereocenters. The van der Waals surface area contributed by atoms with Crippen LogP contribution in [-0.4, -0.2) is 0 Å². The minimum Gasteiger partial charge on any atom is -0.166 e. The Labute approximate surface area is 94.8 Å². The van der Waals surface area contributed by atoms with Crippen LogP contribution in [0.3, 0.4) is 0 Å². The van der Waals surface area contributed by atoms with Crippen molar-refractivity contribution in [3.63, 3.8) is 0 Å². The number of alkyl halides is 3. The highest BCUT2D eigenvalue weighted by Gasteiger charge is 2.30. The van der Waals surface area contributed by atoms with Crippen molar-refractivity contribution in [1.29, 1.82) is 0 Å². The fourth-order valence-electron chi connectivity index (χ4n) is 0.665. The first-order valence-electron chi connectivity index (χ1n) is 2.85. The molecule has 0 nitrogen and oxygen atoms in total. The average molecular weight is 397 g/mol. The molecule has 12 heavy (non-hydrogen) atoms. The van der Waals surface area contributed by atoms with Gasteiger partial charge in [0.1, 0.15) is 0 Å². The Balaban J connectivity index is 3.18. The van der Waals surface area contributed by atoms with Gasteiger partial charge in [-0.1, -0.05) is 0 Å². The fraction of sp³-hybridized carbons (Fsp3) is 0.143. The fourth-order valence-corrected chi connectivity index (χ4v) is 2.43. The van der Waals surface area contributed by atoms with Crippen LogP contribution >= 0.6 is 45.2 Å². The Bertz CT molecular complexity index is 273. The predicted octanol–water partition coefficient (Wildman–Crippen LogP) is 3.71. The zero-order chi connectivity index (χ0) is 9.35. The lowest BCUT2D eigenvalue weighted by Gasteiger charge is -2.06. The van der Waals surface area contributed by atoms with Crippen molar-refractivity contribution in [1.82, 2.24) is 0 Å². The summed E-state index contributed by atoms with van der Waals surface area (Å²) in [7, 11) is 0. The van der Waals surface area contributed by atoms with Gasteiger partial charge in [0.15, 0.2) is 0 Å². The largest absolute Gasteiger partial charge is 0.416 e. The number of benzene rings is 1. The maximum Gasteiger partial charge on any atom is 0.416 e. The van der Waals surface area contributed by atoms with E-state index in [4.69, 9.17) is 0 Å². The van der Waals surface area contributed by atoms with Crippen molar-refractivity contribution in [3.8, 4) is 0 Å². The second kappa shape index (κ2) is 3.69. The summed E-state index contributed by atoms with van der Waals surface area (Å²) in [5, 5.41) is 0. The normalized spacial score (nSPS) is 11.8. The molecular weight excluding hydrogens is 395 g/mol. The molecule has 65 valence electrons. The summed E-state index contributed by atoms with van der Waals surface area (Å²) in [6.07, 6.45) is -4.26. The predicted molar refractivity (Wildman–Crippen MR) is 55.7 cm³/mol. The van der Waals surface area contributed by atoms with Gasteiger partial charge in [-0.05, 0) is 57.3 Å². The van der Waals surface area contributed by atoms with Crippen LogP contribution in [0.2, 0.25) is 0 Å². The standard InChI is InChI=1S/C7H2F3I2/c8-7(9,10)4-1-5(11)3-6(12)2-4/h1-2H. The molecule has 0 saturated heterocycles. The Morgan fingerprint density at radius 1 is 1.08 bits per heavy atom. The molecule has 0 saturated carbocycles. The van der Waals surface area contributed by atoms with E-state index in [2.05, 4.69) is 6.07 Å². The summed E-state index contributed by atoms with van der Waals surface area (Å²) >= 11 is 3.62. The minimum atomic E-state index is -4.26. The molecule has 0 spiro atoms. The van der Waals surface area contributed by atoms with E-state index in [1.165, 1.54) is 0 Å². The van der Waals surface area contributed by atoms with E-state index in [9.17, 15) is 13.2 Å². The van der Waals surface area contributed by atoms with Gasteiger partial charge < -0.3 is 0 Å². The van der Waals surface area contributed by atoms with Crippen molar-refractivity contribution in [2.45, 2.75) is 6.18 Å². The van der Waals surface area contributed by atoms with Crippen LogP contribution in [0.15, 0.2) is 12.1 Å². The van der Waals surface area contributed by atoms with E-state index in [0.717, 1.165) is 12.1 Å². The van der Waals surface area contributed by atoms with Gasteiger partial charge in [-0.3, -0.25) is 0 Å². The third-order valence-corrected chi connectivity index (χ3v) is 2.29. The second-order valence-electron chi connectivity index (χ2n) is 2.06. The van der Waals surface area contributed by atoms with E-state index < -0.39 is 11.7 Å². The topological polar surface area (TPSA) is 0 Å². The lowest BCUT2D eigenvalue weighted by molar-refractivity contribution is -0.137. The summed E-state index contributed by atoms with van der Waals surface area (Å²) in [6.45, 7) is 0. The molecule has 5 heteroatoms. The van der Waals surface area contributed by atoms with Gasteiger partial charge in [-0.25, -0.2) is 0 Å². The Hall–Kier alpha value is 0.470. The molecule has 0 fully saturated rings. The molecular formula is C7H2F3I2. The number of rotatable bonds is 0. The first kappa shape index (κ1) is 10.6. The zero-order valence-electron chi connectivity index (χ0n) is 5.54. The number of hydrogen-bond donors (Lipinski definition) is 0. The van der Waals surface area contributed by atoms with Crippen molar-refractivity contribution in [2.75, 3.05) is 0 Å². The summed E-state index contributed by atoms with van der Waals surface area (Å²) in [6, 6.07) is 4.90. The molecule has 0 heterocycles. The summed E-state index contributed by atoms with van der Waals surface area (Å²) in [5.74, 6) is 0.